The predicted molar refractivity (Wildman–Crippen MR) is 98.4 cm³/mol. The number of nitrogens with one attached hydrogen (secondary N) is 1. The first-order valence-electron chi connectivity index (χ1n) is 8.10. The molecule has 0 spiro atoms. The number of ether oxygens (including phenoxy) is 1. The summed E-state index contributed by atoms with van der Waals surface area (Å²) in [5, 5.41) is -0.436. The molecule has 0 unspecified atom stereocenters. The lowest BCUT2D eigenvalue weighted by Gasteiger charge is -2.23. The fraction of sp³-hybridized carbons (Fsp3) is 0.333. The van der Waals surface area contributed by atoms with E-state index in [1.54, 1.807) is 30.3 Å². The fourth-order valence-corrected chi connectivity index (χ4v) is 5.41. The van der Waals surface area contributed by atoms with E-state index in [9.17, 15) is 21.6 Å². The largest absolute Gasteiger partial charge is 0.511 e. The van der Waals surface area contributed by atoms with E-state index < -0.39 is 26.8 Å². The Bertz CT molecular complexity index is 945. The SMILES string of the molecule is COc1cccc(C)c1S[C@H]1Cc2ccccc2[C@@H]1NS(=O)(=O)C(F)(F)F. The van der Waals surface area contributed by atoms with Crippen molar-refractivity contribution in [1.29, 1.82) is 0 Å². The van der Waals surface area contributed by atoms with Crippen LogP contribution in [0, 0.1) is 6.92 Å². The molecule has 0 fully saturated rings. The Morgan fingerprint density at radius 2 is 1.85 bits per heavy atom. The normalized spacial score (nSPS) is 19.7. The van der Waals surface area contributed by atoms with Crippen LogP contribution < -0.4 is 9.46 Å². The van der Waals surface area contributed by atoms with Gasteiger partial charge in [-0.2, -0.15) is 17.9 Å². The standard InChI is InChI=1S/C18H18F3NO3S2/c1-11-6-5-9-14(25-2)17(11)26-15-10-12-7-3-4-8-13(12)16(15)22-27(23,24)18(19,20)21/h3-9,15-16,22H,10H2,1-2H3/t15-,16-/m0/s1. The van der Waals surface area contributed by atoms with E-state index in [1.165, 1.54) is 18.9 Å². The zero-order valence-electron chi connectivity index (χ0n) is 14.6. The van der Waals surface area contributed by atoms with Crippen molar-refractivity contribution in [3.8, 4) is 5.75 Å². The number of alkyl halides is 3. The van der Waals surface area contributed by atoms with Gasteiger partial charge in [-0.3, -0.25) is 0 Å². The summed E-state index contributed by atoms with van der Waals surface area (Å²) < 4.78 is 69.5. The van der Waals surface area contributed by atoms with Gasteiger partial charge >= 0.3 is 15.5 Å². The van der Waals surface area contributed by atoms with Gasteiger partial charge in [0.2, 0.25) is 0 Å². The monoisotopic (exact) mass is 417 g/mol. The molecule has 0 saturated heterocycles. The maximum absolute atomic E-state index is 12.9. The van der Waals surface area contributed by atoms with Crippen molar-refractivity contribution in [2.45, 2.75) is 35.0 Å². The highest BCUT2D eigenvalue weighted by atomic mass is 32.2. The van der Waals surface area contributed by atoms with Crippen molar-refractivity contribution < 1.29 is 26.3 Å². The van der Waals surface area contributed by atoms with Crippen molar-refractivity contribution in [2.75, 3.05) is 7.11 Å². The molecule has 0 bridgehead atoms. The molecule has 4 nitrogen and oxygen atoms in total. The van der Waals surface area contributed by atoms with Crippen LogP contribution in [0.1, 0.15) is 22.7 Å². The third-order valence-electron chi connectivity index (χ3n) is 4.43. The van der Waals surface area contributed by atoms with Gasteiger partial charge in [-0.25, -0.2) is 8.42 Å². The summed E-state index contributed by atoms with van der Waals surface area (Å²) in [6.45, 7) is 1.88. The molecule has 0 aromatic heterocycles. The van der Waals surface area contributed by atoms with Gasteiger partial charge in [0.05, 0.1) is 18.0 Å². The van der Waals surface area contributed by atoms with Crippen molar-refractivity contribution in [1.82, 2.24) is 4.72 Å². The van der Waals surface area contributed by atoms with Gasteiger partial charge in [0, 0.05) is 5.25 Å². The van der Waals surface area contributed by atoms with Gasteiger partial charge in [-0.15, -0.1) is 11.8 Å². The number of hydrogen-bond donors (Lipinski definition) is 1. The lowest BCUT2D eigenvalue weighted by molar-refractivity contribution is -0.0450. The number of fused-ring (bicyclic) bond motifs is 1. The molecule has 0 radical (unpaired) electrons. The minimum absolute atomic E-state index is 0.436. The van der Waals surface area contributed by atoms with Crippen LogP contribution in [0.5, 0.6) is 5.75 Å². The Labute approximate surface area is 160 Å². The first kappa shape index (κ1) is 20.0. The van der Waals surface area contributed by atoms with E-state index in [-0.39, 0.29) is 0 Å². The minimum atomic E-state index is -5.47. The van der Waals surface area contributed by atoms with Crippen molar-refractivity contribution in [3.05, 3.63) is 59.2 Å². The van der Waals surface area contributed by atoms with E-state index in [2.05, 4.69) is 0 Å². The average Bonchev–Trinajstić information content (AvgIpc) is 2.93. The highest BCUT2D eigenvalue weighted by molar-refractivity contribution is 8.00. The highest BCUT2D eigenvalue weighted by Crippen LogP contribution is 2.45. The molecule has 1 N–H and O–H groups in total. The first-order valence-corrected chi connectivity index (χ1v) is 10.5. The maximum Gasteiger partial charge on any atom is 0.511 e. The lowest BCUT2D eigenvalue weighted by Crippen LogP contribution is -2.40. The second-order valence-electron chi connectivity index (χ2n) is 6.21. The molecule has 1 aliphatic carbocycles. The molecule has 1 aliphatic rings. The van der Waals surface area contributed by atoms with Gasteiger partial charge < -0.3 is 4.74 Å². The van der Waals surface area contributed by atoms with Crippen molar-refractivity contribution in [2.24, 2.45) is 0 Å². The van der Waals surface area contributed by atoms with Gasteiger partial charge in [0.15, 0.2) is 0 Å². The molecular weight excluding hydrogens is 399 g/mol. The third kappa shape index (κ3) is 3.95. The number of rotatable bonds is 5. The summed E-state index contributed by atoms with van der Waals surface area (Å²) in [5.74, 6) is 0.605. The molecule has 2 aromatic carbocycles. The lowest BCUT2D eigenvalue weighted by atomic mass is 10.1. The number of methoxy groups -OCH3 is 1. The molecule has 2 atom stereocenters. The van der Waals surface area contributed by atoms with Crippen molar-refractivity contribution in [3.63, 3.8) is 0 Å². The molecule has 2 aromatic rings. The van der Waals surface area contributed by atoms with Gasteiger partial charge in [0.1, 0.15) is 5.75 Å². The Morgan fingerprint density at radius 1 is 1.15 bits per heavy atom. The average molecular weight is 417 g/mol. The first-order chi connectivity index (χ1) is 12.6. The summed E-state index contributed by atoms with van der Waals surface area (Å²) in [7, 11) is -3.95. The zero-order valence-corrected chi connectivity index (χ0v) is 16.2. The molecule has 9 heteroatoms. The third-order valence-corrected chi connectivity index (χ3v) is 7.11. The maximum atomic E-state index is 12.9. The summed E-state index contributed by atoms with van der Waals surface area (Å²) in [6, 6.07) is 11.4. The smallest absolute Gasteiger partial charge is 0.496 e. The minimum Gasteiger partial charge on any atom is -0.496 e. The Hall–Kier alpha value is -1.71. The number of hydrogen-bond acceptors (Lipinski definition) is 4. The van der Waals surface area contributed by atoms with Gasteiger partial charge in [-0.1, -0.05) is 36.4 Å². The van der Waals surface area contributed by atoms with E-state index >= 15 is 0 Å². The highest BCUT2D eigenvalue weighted by Gasteiger charge is 2.49. The quantitative estimate of drug-likeness (QED) is 0.792. The van der Waals surface area contributed by atoms with E-state index in [0.29, 0.717) is 17.7 Å². The summed E-state index contributed by atoms with van der Waals surface area (Å²) in [4.78, 5) is 0.786. The van der Waals surface area contributed by atoms with Crippen molar-refractivity contribution >= 4 is 21.8 Å². The van der Waals surface area contributed by atoms with Crippen LogP contribution >= 0.6 is 11.8 Å². The van der Waals surface area contributed by atoms with Crippen LogP contribution in [0.25, 0.3) is 0 Å². The number of halogens is 3. The summed E-state index contributed by atoms with van der Waals surface area (Å²) >= 11 is 1.33. The van der Waals surface area contributed by atoms with Crippen LogP contribution in [-0.2, 0) is 16.4 Å². The molecule has 0 amide bonds. The topological polar surface area (TPSA) is 55.4 Å². The number of thioether (sulfide) groups is 1. The molecule has 27 heavy (non-hydrogen) atoms. The van der Waals surface area contributed by atoms with Crippen LogP contribution in [0.4, 0.5) is 13.2 Å². The van der Waals surface area contributed by atoms with E-state index in [1.807, 2.05) is 23.8 Å². The molecule has 3 rings (SSSR count). The fourth-order valence-electron chi connectivity index (χ4n) is 3.13. The van der Waals surface area contributed by atoms with Crippen LogP contribution in [0.2, 0.25) is 0 Å². The zero-order chi connectivity index (χ0) is 19.8. The van der Waals surface area contributed by atoms with Crippen LogP contribution in [0.3, 0.4) is 0 Å². The number of benzene rings is 2. The molecular formula is C18H18F3NO3S2. The molecule has 0 saturated carbocycles. The van der Waals surface area contributed by atoms with Gasteiger partial charge in [0.25, 0.3) is 0 Å². The van der Waals surface area contributed by atoms with Crippen LogP contribution in [0.15, 0.2) is 47.4 Å². The summed E-state index contributed by atoms with van der Waals surface area (Å²) in [6.07, 6.45) is 0.448. The Balaban J connectivity index is 1.98. The molecule has 0 aliphatic heterocycles. The van der Waals surface area contributed by atoms with Crippen LogP contribution in [-0.4, -0.2) is 26.3 Å². The predicted octanol–water partition coefficient (Wildman–Crippen LogP) is 4.20. The van der Waals surface area contributed by atoms with Gasteiger partial charge in [-0.05, 0) is 36.1 Å². The molecule has 146 valence electrons. The second-order valence-corrected chi connectivity index (χ2v) is 9.17. The van der Waals surface area contributed by atoms with E-state index in [0.717, 1.165) is 16.0 Å². The Kier molecular flexibility index (Phi) is 5.47. The number of sulfonamides is 1. The Morgan fingerprint density at radius 3 is 2.52 bits per heavy atom. The second kappa shape index (κ2) is 7.37. The van der Waals surface area contributed by atoms with E-state index in [4.69, 9.17) is 4.74 Å². The summed E-state index contributed by atoms with van der Waals surface area (Å²) in [5.41, 5.74) is -3.05. The number of aryl methyl sites for hydroxylation is 1. The molecule has 0 heterocycles.